The molecule has 0 atom stereocenters. The standard InChI is InChI=1S/C8H17FN2S2/c1-8(2)10-3-5-11(6-4-10)13-12-7-9/h8H,3-7H2,1-2H3. The number of nitrogens with zero attached hydrogens (tertiary/aromatic N) is 2. The van der Waals surface area contributed by atoms with E-state index in [9.17, 15) is 4.39 Å². The van der Waals surface area contributed by atoms with Crippen LogP contribution in [0.5, 0.6) is 0 Å². The van der Waals surface area contributed by atoms with Gasteiger partial charge in [0.2, 0.25) is 0 Å². The van der Waals surface area contributed by atoms with Crippen LogP contribution in [-0.4, -0.2) is 47.4 Å². The lowest BCUT2D eigenvalue weighted by atomic mass is 10.3. The van der Waals surface area contributed by atoms with Crippen LogP contribution >= 0.6 is 21.8 Å². The first-order valence-electron chi connectivity index (χ1n) is 4.58. The Bertz CT molecular complexity index is 138. The van der Waals surface area contributed by atoms with Crippen LogP contribution in [0.4, 0.5) is 4.39 Å². The molecule has 1 aliphatic heterocycles. The lowest BCUT2D eigenvalue weighted by molar-refractivity contribution is 0.161. The normalized spacial score (nSPS) is 21.2. The molecule has 1 fully saturated rings. The summed E-state index contributed by atoms with van der Waals surface area (Å²) in [6.45, 7) is 8.76. The molecule has 0 aliphatic carbocycles. The minimum absolute atomic E-state index is 0.297. The third kappa shape index (κ3) is 4.06. The highest BCUT2D eigenvalue weighted by Gasteiger charge is 2.18. The third-order valence-electron chi connectivity index (χ3n) is 2.21. The van der Waals surface area contributed by atoms with Crippen LogP contribution < -0.4 is 0 Å². The highest BCUT2D eigenvalue weighted by atomic mass is 33.1. The SMILES string of the molecule is CC(C)N1CCN(SSCF)CC1. The van der Waals surface area contributed by atoms with Crippen molar-refractivity contribution in [2.24, 2.45) is 0 Å². The molecule has 0 N–H and O–H groups in total. The maximum Gasteiger partial charge on any atom is 0.146 e. The van der Waals surface area contributed by atoms with E-state index in [2.05, 4.69) is 23.1 Å². The maximum absolute atomic E-state index is 11.9. The molecule has 0 amide bonds. The summed E-state index contributed by atoms with van der Waals surface area (Å²) < 4.78 is 14.1. The second-order valence-electron chi connectivity index (χ2n) is 3.36. The van der Waals surface area contributed by atoms with E-state index in [-0.39, 0.29) is 6.01 Å². The molecule has 0 bridgehead atoms. The molecule has 13 heavy (non-hydrogen) atoms. The monoisotopic (exact) mass is 224 g/mol. The molecular weight excluding hydrogens is 207 g/mol. The Morgan fingerprint density at radius 2 is 1.85 bits per heavy atom. The Hall–Kier alpha value is 0.550. The van der Waals surface area contributed by atoms with Crippen molar-refractivity contribution in [3.63, 3.8) is 0 Å². The van der Waals surface area contributed by atoms with Crippen LogP contribution in [0.15, 0.2) is 0 Å². The molecule has 0 saturated carbocycles. The second kappa shape index (κ2) is 6.11. The zero-order chi connectivity index (χ0) is 9.68. The topological polar surface area (TPSA) is 6.48 Å². The molecule has 0 aromatic rings. The van der Waals surface area contributed by atoms with Crippen molar-refractivity contribution in [3.05, 3.63) is 0 Å². The fourth-order valence-electron chi connectivity index (χ4n) is 1.39. The number of rotatable bonds is 4. The van der Waals surface area contributed by atoms with Gasteiger partial charge >= 0.3 is 0 Å². The highest BCUT2D eigenvalue weighted by Crippen LogP contribution is 2.27. The summed E-state index contributed by atoms with van der Waals surface area (Å²) in [6.07, 6.45) is 0. The van der Waals surface area contributed by atoms with Crippen LogP contribution in [0.1, 0.15) is 13.8 Å². The van der Waals surface area contributed by atoms with Gasteiger partial charge < -0.3 is 0 Å². The molecule has 0 unspecified atom stereocenters. The van der Waals surface area contributed by atoms with E-state index in [1.54, 1.807) is 11.0 Å². The molecular formula is C8H17FN2S2. The van der Waals surface area contributed by atoms with Gasteiger partial charge in [-0.2, -0.15) is 0 Å². The van der Waals surface area contributed by atoms with Gasteiger partial charge in [-0.3, -0.25) is 4.90 Å². The summed E-state index contributed by atoms with van der Waals surface area (Å²) in [4.78, 5) is 2.46. The van der Waals surface area contributed by atoms with Crippen molar-refractivity contribution >= 4 is 21.8 Å². The summed E-state index contributed by atoms with van der Waals surface area (Å²) >= 11 is 0. The van der Waals surface area contributed by atoms with E-state index in [4.69, 9.17) is 0 Å². The van der Waals surface area contributed by atoms with Gasteiger partial charge in [-0.05, 0) is 35.6 Å². The van der Waals surface area contributed by atoms with Gasteiger partial charge in [0, 0.05) is 32.2 Å². The first-order chi connectivity index (χ1) is 6.24. The molecule has 1 aliphatic rings. The van der Waals surface area contributed by atoms with Crippen molar-refractivity contribution in [2.75, 3.05) is 32.2 Å². The Balaban J connectivity index is 2.15. The Morgan fingerprint density at radius 1 is 1.23 bits per heavy atom. The predicted molar refractivity (Wildman–Crippen MR) is 59.4 cm³/mol. The zero-order valence-corrected chi connectivity index (χ0v) is 9.83. The van der Waals surface area contributed by atoms with Crippen LogP contribution in [0.25, 0.3) is 0 Å². The molecule has 1 saturated heterocycles. The van der Waals surface area contributed by atoms with E-state index >= 15 is 0 Å². The number of hydrogen-bond acceptors (Lipinski definition) is 4. The third-order valence-corrected chi connectivity index (χ3v) is 4.19. The molecule has 5 heteroatoms. The highest BCUT2D eigenvalue weighted by molar-refractivity contribution is 8.75. The predicted octanol–water partition coefficient (Wildman–Crippen LogP) is 2.24. The second-order valence-corrected chi connectivity index (χ2v) is 5.63. The van der Waals surface area contributed by atoms with Crippen LogP contribution in [-0.2, 0) is 0 Å². The lowest BCUT2D eigenvalue weighted by Gasteiger charge is -2.35. The Morgan fingerprint density at radius 3 is 2.31 bits per heavy atom. The Kier molecular flexibility index (Phi) is 5.47. The molecule has 0 aromatic carbocycles. The van der Waals surface area contributed by atoms with E-state index in [1.807, 2.05) is 0 Å². The molecule has 0 spiro atoms. The first-order valence-corrected chi connectivity index (χ1v) is 6.86. The molecule has 2 nitrogen and oxygen atoms in total. The van der Waals surface area contributed by atoms with Crippen LogP contribution in [0.2, 0.25) is 0 Å². The zero-order valence-electron chi connectivity index (χ0n) is 8.20. The number of halogens is 1. The van der Waals surface area contributed by atoms with Gasteiger partial charge in [-0.15, -0.1) is 0 Å². The van der Waals surface area contributed by atoms with E-state index < -0.39 is 0 Å². The number of hydrogen-bond donors (Lipinski definition) is 0. The summed E-state index contributed by atoms with van der Waals surface area (Å²) in [7, 11) is 2.84. The van der Waals surface area contributed by atoms with Gasteiger partial charge in [-0.25, -0.2) is 8.70 Å². The summed E-state index contributed by atoms with van der Waals surface area (Å²) in [5.41, 5.74) is 0. The molecule has 0 radical (unpaired) electrons. The van der Waals surface area contributed by atoms with Gasteiger partial charge in [0.15, 0.2) is 0 Å². The number of alkyl halides is 1. The maximum atomic E-state index is 11.9. The van der Waals surface area contributed by atoms with Gasteiger partial charge in [-0.1, -0.05) is 0 Å². The fourth-order valence-corrected chi connectivity index (χ4v) is 2.90. The summed E-state index contributed by atoms with van der Waals surface area (Å²) in [6, 6.07) is 0.343. The molecule has 1 rings (SSSR count). The fraction of sp³-hybridized carbons (Fsp3) is 1.00. The average Bonchev–Trinajstić information content (AvgIpc) is 2.15. The van der Waals surface area contributed by atoms with E-state index in [0.717, 1.165) is 26.2 Å². The number of piperazine rings is 1. The van der Waals surface area contributed by atoms with Crippen molar-refractivity contribution < 1.29 is 4.39 Å². The van der Waals surface area contributed by atoms with Gasteiger partial charge in [0.1, 0.15) is 6.01 Å². The van der Waals surface area contributed by atoms with Crippen LogP contribution in [0, 0.1) is 0 Å². The van der Waals surface area contributed by atoms with Gasteiger partial charge in [0.05, 0.1) is 0 Å². The first kappa shape index (κ1) is 11.6. The van der Waals surface area contributed by atoms with Crippen molar-refractivity contribution in [2.45, 2.75) is 19.9 Å². The largest absolute Gasteiger partial charge is 0.298 e. The molecule has 0 aromatic heterocycles. The summed E-state index contributed by atoms with van der Waals surface area (Å²) in [5, 5.41) is 0. The minimum atomic E-state index is -0.297. The van der Waals surface area contributed by atoms with Crippen molar-refractivity contribution in [1.82, 2.24) is 9.21 Å². The lowest BCUT2D eigenvalue weighted by Crippen LogP contribution is -2.46. The molecule has 78 valence electrons. The van der Waals surface area contributed by atoms with Gasteiger partial charge in [0.25, 0.3) is 0 Å². The average molecular weight is 224 g/mol. The van der Waals surface area contributed by atoms with Crippen molar-refractivity contribution in [3.8, 4) is 0 Å². The Labute approximate surface area is 87.8 Å². The van der Waals surface area contributed by atoms with E-state index in [1.165, 1.54) is 10.8 Å². The summed E-state index contributed by atoms with van der Waals surface area (Å²) in [5.74, 6) is 0. The quantitative estimate of drug-likeness (QED) is 0.533. The van der Waals surface area contributed by atoms with Crippen molar-refractivity contribution in [1.29, 1.82) is 0 Å². The smallest absolute Gasteiger partial charge is 0.146 e. The molecule has 1 heterocycles. The van der Waals surface area contributed by atoms with Crippen LogP contribution in [0.3, 0.4) is 0 Å². The minimum Gasteiger partial charge on any atom is -0.298 e. The van der Waals surface area contributed by atoms with E-state index in [0.29, 0.717) is 6.04 Å².